The summed E-state index contributed by atoms with van der Waals surface area (Å²) in [6.45, 7) is 5.47. The van der Waals surface area contributed by atoms with Gasteiger partial charge >= 0.3 is 11.4 Å². The number of anilines is 2. The molecule has 0 spiro atoms. The van der Waals surface area contributed by atoms with E-state index in [0.29, 0.717) is 76.4 Å². The minimum absolute atomic E-state index is 0.00463. The molecule has 0 atom stereocenters. The number of carbonyl (C=O) groups excluding carboxylic acids is 2. The number of ether oxygens (including phenoxy) is 2. The predicted octanol–water partition coefficient (Wildman–Crippen LogP) is 6.76. The minimum atomic E-state index is -0.229. The van der Waals surface area contributed by atoms with Crippen LogP contribution in [0.5, 0.6) is 11.5 Å². The molecule has 324 valence electrons. The number of H-pyrrole nitrogens is 1. The third kappa shape index (κ3) is 10.6. The van der Waals surface area contributed by atoms with E-state index in [1.165, 1.54) is 9.13 Å². The normalized spacial score (nSPS) is 14.0. The number of rotatable bonds is 7. The van der Waals surface area contributed by atoms with Crippen LogP contribution in [-0.2, 0) is 30.2 Å². The van der Waals surface area contributed by atoms with Crippen molar-refractivity contribution >= 4 is 103 Å². The third-order valence-corrected chi connectivity index (χ3v) is 12.0. The van der Waals surface area contributed by atoms with E-state index < -0.39 is 0 Å². The number of nitrogens with zero attached hydrogens (tertiary/aromatic N) is 7. The number of benzene rings is 4. The SMILES string of the molecule is COc1cc(N2CCN(C(=O)CCl)CC2)ccc1Cl.COc1cc(N2CCN(C(=O)Cn3c(=O)n(C)c4ccc(Cl)cc43)CC2)ccc1Cl.Cn1c(=O)[nH]c2cc(Cl)ccc21. The van der Waals surface area contributed by atoms with Crippen molar-refractivity contribution in [3.63, 3.8) is 0 Å². The zero-order valence-electron chi connectivity index (χ0n) is 34.0. The summed E-state index contributed by atoms with van der Waals surface area (Å²) in [6, 6.07) is 21.9. The topological polar surface area (TPSA) is 130 Å². The Labute approximate surface area is 377 Å². The van der Waals surface area contributed by atoms with Crippen LogP contribution >= 0.6 is 58.0 Å². The van der Waals surface area contributed by atoms with Gasteiger partial charge in [-0.1, -0.05) is 46.4 Å². The summed E-state index contributed by atoms with van der Waals surface area (Å²) in [5.41, 5.74) is 4.76. The van der Waals surface area contributed by atoms with Crippen molar-refractivity contribution in [1.82, 2.24) is 28.5 Å². The molecule has 61 heavy (non-hydrogen) atoms. The molecule has 2 fully saturated rings. The molecular weight excluding hydrogens is 890 g/mol. The average Bonchev–Trinajstić information content (AvgIpc) is 3.68. The zero-order valence-corrected chi connectivity index (χ0v) is 37.7. The highest BCUT2D eigenvalue weighted by molar-refractivity contribution is 6.32. The number of halogens is 5. The number of aromatic nitrogens is 4. The van der Waals surface area contributed by atoms with Crippen LogP contribution in [0.3, 0.4) is 0 Å². The number of imidazole rings is 2. The molecule has 0 radical (unpaired) electrons. The van der Waals surface area contributed by atoms with Gasteiger partial charge in [0.2, 0.25) is 11.8 Å². The maximum Gasteiger partial charge on any atom is 0.329 e. The summed E-state index contributed by atoms with van der Waals surface area (Å²) < 4.78 is 15.1. The molecule has 2 amide bonds. The van der Waals surface area contributed by atoms with E-state index in [2.05, 4.69) is 14.8 Å². The van der Waals surface area contributed by atoms with Gasteiger partial charge in [0.05, 0.1) is 46.3 Å². The highest BCUT2D eigenvalue weighted by atomic mass is 35.5. The molecule has 2 aliphatic heterocycles. The number of alkyl halides is 1. The lowest BCUT2D eigenvalue weighted by atomic mass is 10.2. The van der Waals surface area contributed by atoms with Crippen LogP contribution in [0.4, 0.5) is 11.4 Å². The van der Waals surface area contributed by atoms with Crippen molar-refractivity contribution in [3.8, 4) is 11.5 Å². The van der Waals surface area contributed by atoms with Crippen LogP contribution in [0.2, 0.25) is 20.1 Å². The fourth-order valence-corrected chi connectivity index (χ4v) is 8.08. The molecule has 0 bridgehead atoms. The van der Waals surface area contributed by atoms with Crippen LogP contribution in [0.1, 0.15) is 0 Å². The van der Waals surface area contributed by atoms with Crippen molar-refractivity contribution in [2.75, 3.05) is 82.3 Å². The predicted molar refractivity (Wildman–Crippen MR) is 245 cm³/mol. The van der Waals surface area contributed by atoms with Crippen LogP contribution in [0.15, 0.2) is 82.4 Å². The Morgan fingerprint density at radius 2 is 1.10 bits per heavy atom. The number of hydrogen-bond acceptors (Lipinski definition) is 8. The van der Waals surface area contributed by atoms with Gasteiger partial charge in [0, 0.05) is 100 Å². The minimum Gasteiger partial charge on any atom is -0.495 e. The second-order valence-corrected chi connectivity index (χ2v) is 16.2. The highest BCUT2D eigenvalue weighted by Crippen LogP contribution is 2.31. The molecule has 4 aromatic carbocycles. The van der Waals surface area contributed by atoms with E-state index >= 15 is 0 Å². The van der Waals surface area contributed by atoms with E-state index in [9.17, 15) is 19.2 Å². The largest absolute Gasteiger partial charge is 0.495 e. The summed E-state index contributed by atoms with van der Waals surface area (Å²) in [5.74, 6) is 1.25. The van der Waals surface area contributed by atoms with Gasteiger partial charge in [0.25, 0.3) is 0 Å². The van der Waals surface area contributed by atoms with Crippen molar-refractivity contribution in [2.24, 2.45) is 14.1 Å². The van der Waals surface area contributed by atoms with Gasteiger partial charge in [-0.3, -0.25) is 23.3 Å². The van der Waals surface area contributed by atoms with Gasteiger partial charge in [0.1, 0.15) is 23.9 Å². The molecule has 19 heteroatoms. The standard InChI is InChI=1S/C21H22Cl2N4O3.C13H16Cl2N2O2.C8H7ClN2O/c1-24-17-6-3-14(22)11-18(17)27(21(24)29)13-20(28)26-9-7-25(8-10-26)15-4-5-16(23)19(12-15)30-2;1-19-12-8-10(2-3-11(12)15)16-4-6-17(7-5-16)13(18)9-14;1-11-7-3-2-5(9)4-6(7)10-8(11)12/h3-6,11-12H,7-10,13H2,1-2H3;2-3,8H,4-7,9H2,1H3;2-4H,1H3,(H,10,12). The van der Waals surface area contributed by atoms with E-state index in [0.717, 1.165) is 41.0 Å². The number of aromatic amines is 1. The van der Waals surface area contributed by atoms with Gasteiger partial charge in [0.15, 0.2) is 0 Å². The number of fused-ring (bicyclic) bond motifs is 2. The number of amides is 2. The van der Waals surface area contributed by atoms with E-state index in [4.69, 9.17) is 67.5 Å². The summed E-state index contributed by atoms with van der Waals surface area (Å²) >= 11 is 29.5. The van der Waals surface area contributed by atoms with Crippen molar-refractivity contribution in [2.45, 2.75) is 6.54 Å². The van der Waals surface area contributed by atoms with E-state index in [1.807, 2.05) is 42.5 Å². The molecule has 0 saturated carbocycles. The molecular formula is C42H45Cl5N8O6. The van der Waals surface area contributed by atoms with Gasteiger partial charge in [-0.25, -0.2) is 9.59 Å². The Bertz CT molecular complexity index is 2640. The van der Waals surface area contributed by atoms with Crippen LogP contribution < -0.4 is 30.7 Å². The Hall–Kier alpha value is -4.99. The molecule has 6 aromatic rings. The molecule has 4 heterocycles. The first-order valence-corrected chi connectivity index (χ1v) is 21.2. The Balaban J connectivity index is 0.000000170. The Morgan fingerprint density at radius 3 is 1.61 bits per heavy atom. The van der Waals surface area contributed by atoms with Crippen molar-refractivity contribution < 1.29 is 19.1 Å². The summed E-state index contributed by atoms with van der Waals surface area (Å²) in [7, 11) is 6.60. The fraction of sp³-hybridized carbons (Fsp3) is 0.333. The highest BCUT2D eigenvalue weighted by Gasteiger charge is 2.24. The summed E-state index contributed by atoms with van der Waals surface area (Å²) in [4.78, 5) is 58.8. The molecule has 2 aromatic heterocycles. The molecule has 1 N–H and O–H groups in total. The smallest absolute Gasteiger partial charge is 0.329 e. The van der Waals surface area contributed by atoms with Crippen LogP contribution in [0.25, 0.3) is 22.1 Å². The maximum atomic E-state index is 12.9. The second kappa shape index (κ2) is 20.3. The first-order valence-electron chi connectivity index (χ1n) is 19.2. The van der Waals surface area contributed by atoms with E-state index in [-0.39, 0.29) is 35.6 Å². The Kier molecular flexibility index (Phi) is 15.1. The van der Waals surface area contributed by atoms with Gasteiger partial charge in [-0.15, -0.1) is 11.6 Å². The second-order valence-electron chi connectivity index (χ2n) is 14.2. The first kappa shape index (κ1) is 45.5. The Morgan fingerprint density at radius 1 is 0.607 bits per heavy atom. The number of carbonyl (C=O) groups is 2. The summed E-state index contributed by atoms with van der Waals surface area (Å²) in [5, 5.41) is 2.32. The molecule has 2 saturated heterocycles. The molecule has 0 unspecified atom stereocenters. The van der Waals surface area contributed by atoms with Crippen molar-refractivity contribution in [1.29, 1.82) is 0 Å². The zero-order chi connectivity index (χ0) is 44.0. The summed E-state index contributed by atoms with van der Waals surface area (Å²) in [6.07, 6.45) is 0. The molecule has 8 rings (SSSR count). The monoisotopic (exact) mass is 932 g/mol. The number of nitrogens with one attached hydrogen (secondary N) is 1. The lowest BCUT2D eigenvalue weighted by molar-refractivity contribution is -0.132. The average molecular weight is 935 g/mol. The number of hydrogen-bond donors (Lipinski definition) is 1. The first-order chi connectivity index (χ1) is 29.2. The fourth-order valence-electron chi connectivity index (χ4n) is 7.18. The number of piperazine rings is 2. The van der Waals surface area contributed by atoms with Crippen LogP contribution in [0, 0.1) is 0 Å². The van der Waals surface area contributed by atoms with Gasteiger partial charge < -0.3 is 34.1 Å². The molecule has 0 aliphatic carbocycles. The number of aryl methyl sites for hydroxylation is 2. The van der Waals surface area contributed by atoms with E-state index in [1.54, 1.807) is 73.0 Å². The number of methoxy groups -OCH3 is 2. The maximum absolute atomic E-state index is 12.9. The van der Waals surface area contributed by atoms with Crippen LogP contribution in [-0.4, -0.2) is 113 Å². The molecule has 2 aliphatic rings. The third-order valence-electron chi connectivity index (χ3n) is 10.6. The lowest BCUT2D eigenvalue weighted by Crippen LogP contribution is -2.50. The lowest BCUT2D eigenvalue weighted by Gasteiger charge is -2.36. The van der Waals surface area contributed by atoms with Gasteiger partial charge in [-0.2, -0.15) is 0 Å². The quantitative estimate of drug-likeness (QED) is 0.174. The van der Waals surface area contributed by atoms with Gasteiger partial charge in [-0.05, 0) is 60.7 Å². The molecule has 14 nitrogen and oxygen atoms in total. The van der Waals surface area contributed by atoms with Crippen molar-refractivity contribution in [3.05, 3.63) is 114 Å².